The summed E-state index contributed by atoms with van der Waals surface area (Å²) in [4.78, 5) is 17.2. The fourth-order valence-corrected chi connectivity index (χ4v) is 4.30. The van der Waals surface area contributed by atoms with E-state index in [0.29, 0.717) is 16.7 Å². The molecule has 0 spiro atoms. The Kier molecular flexibility index (Phi) is 6.85. The van der Waals surface area contributed by atoms with E-state index in [9.17, 15) is 9.18 Å². The smallest absolute Gasteiger partial charge is 0.244 e. The molecule has 0 aliphatic rings. The fraction of sp³-hybridized carbons (Fsp3) is 0.0909. The van der Waals surface area contributed by atoms with Crippen molar-refractivity contribution in [2.45, 2.75) is 17.5 Å². The van der Waals surface area contributed by atoms with Gasteiger partial charge in [-0.05, 0) is 59.5 Å². The number of hydrogen-bond acceptors (Lipinski definition) is 6. The van der Waals surface area contributed by atoms with Gasteiger partial charge in [-0.3, -0.25) is 14.3 Å². The zero-order valence-electron chi connectivity index (χ0n) is 16.3. The van der Waals surface area contributed by atoms with Crippen LogP contribution in [-0.4, -0.2) is 25.7 Å². The van der Waals surface area contributed by atoms with Crippen LogP contribution in [0.4, 0.5) is 4.39 Å². The molecule has 6 nitrogen and oxygen atoms in total. The summed E-state index contributed by atoms with van der Waals surface area (Å²) in [5.74, 6) is 0.684. The van der Waals surface area contributed by atoms with Gasteiger partial charge < -0.3 is 5.32 Å². The number of pyridine rings is 1. The number of rotatable bonds is 8. The first-order valence-electron chi connectivity index (χ1n) is 9.40. The second-order valence-electron chi connectivity index (χ2n) is 6.42. The number of thioether (sulfide) groups is 1. The molecule has 156 valence electrons. The van der Waals surface area contributed by atoms with E-state index in [1.807, 2.05) is 34.2 Å². The van der Waals surface area contributed by atoms with E-state index in [4.69, 9.17) is 0 Å². The second kappa shape index (κ2) is 10.1. The fourth-order valence-electron chi connectivity index (χ4n) is 2.75. The molecular weight excluding hydrogens is 433 g/mol. The Bertz CT molecular complexity index is 1160. The summed E-state index contributed by atoms with van der Waals surface area (Å²) < 4.78 is 15.3. The van der Waals surface area contributed by atoms with Gasteiger partial charge in [0.2, 0.25) is 5.91 Å². The van der Waals surface area contributed by atoms with Crippen LogP contribution in [0.2, 0.25) is 0 Å². The van der Waals surface area contributed by atoms with Crippen molar-refractivity contribution in [1.82, 2.24) is 25.1 Å². The van der Waals surface area contributed by atoms with Crippen molar-refractivity contribution in [3.8, 4) is 5.69 Å². The van der Waals surface area contributed by atoms with Gasteiger partial charge in [-0.2, -0.15) is 0 Å². The Balaban J connectivity index is 1.51. The number of hydrogen-bond donors (Lipinski definition) is 1. The summed E-state index contributed by atoms with van der Waals surface area (Å²) in [6, 6.07) is 13.8. The predicted octanol–water partition coefficient (Wildman–Crippen LogP) is 4.48. The number of thiophene rings is 1. The largest absolute Gasteiger partial charge is 0.345 e. The highest BCUT2D eigenvalue weighted by Gasteiger charge is 2.15. The second-order valence-corrected chi connectivity index (χ2v) is 8.34. The monoisotopic (exact) mass is 451 g/mol. The first kappa shape index (κ1) is 21.0. The molecule has 0 saturated heterocycles. The molecule has 31 heavy (non-hydrogen) atoms. The number of carbonyl (C=O) groups is 1. The lowest BCUT2D eigenvalue weighted by atomic mass is 10.3. The summed E-state index contributed by atoms with van der Waals surface area (Å²) in [6.07, 6.45) is 6.74. The number of nitrogens with one attached hydrogen (secondary N) is 1. The molecule has 9 heteroatoms. The van der Waals surface area contributed by atoms with Crippen LogP contribution in [0.5, 0.6) is 0 Å². The Morgan fingerprint density at radius 1 is 1.13 bits per heavy atom. The number of benzene rings is 1. The van der Waals surface area contributed by atoms with Crippen LogP contribution in [0.15, 0.2) is 77.5 Å². The van der Waals surface area contributed by atoms with Gasteiger partial charge in [0.1, 0.15) is 5.82 Å². The lowest BCUT2D eigenvalue weighted by Gasteiger charge is -2.10. The molecule has 4 rings (SSSR count). The lowest BCUT2D eigenvalue weighted by Crippen LogP contribution is -2.22. The van der Waals surface area contributed by atoms with Gasteiger partial charge in [0.25, 0.3) is 0 Å². The molecule has 4 aromatic rings. The summed E-state index contributed by atoms with van der Waals surface area (Å²) in [7, 11) is 0. The molecule has 0 aliphatic heterocycles. The van der Waals surface area contributed by atoms with Gasteiger partial charge in [0.05, 0.1) is 6.54 Å². The first-order chi connectivity index (χ1) is 15.2. The molecule has 3 heterocycles. The molecule has 0 saturated carbocycles. The average Bonchev–Trinajstić information content (AvgIpc) is 3.46. The van der Waals surface area contributed by atoms with Crippen LogP contribution < -0.4 is 5.32 Å². The van der Waals surface area contributed by atoms with Crippen molar-refractivity contribution >= 4 is 35.1 Å². The van der Waals surface area contributed by atoms with Gasteiger partial charge >= 0.3 is 0 Å². The van der Waals surface area contributed by atoms with E-state index in [2.05, 4.69) is 20.5 Å². The zero-order chi connectivity index (χ0) is 21.5. The zero-order valence-corrected chi connectivity index (χ0v) is 17.9. The van der Waals surface area contributed by atoms with E-state index in [1.54, 1.807) is 41.9 Å². The Labute approximate surface area is 186 Å². The highest BCUT2D eigenvalue weighted by atomic mass is 32.2. The highest BCUT2D eigenvalue weighted by Crippen LogP contribution is 2.25. The number of amides is 1. The topological polar surface area (TPSA) is 72.7 Å². The minimum atomic E-state index is -0.323. The van der Waals surface area contributed by atoms with Crippen molar-refractivity contribution in [1.29, 1.82) is 0 Å². The van der Waals surface area contributed by atoms with Crippen molar-refractivity contribution in [3.63, 3.8) is 0 Å². The van der Waals surface area contributed by atoms with Gasteiger partial charge in [-0.15, -0.1) is 21.5 Å². The summed E-state index contributed by atoms with van der Waals surface area (Å²) in [6.45, 7) is 0.188. The SMILES string of the molecule is O=C(/C=C/c1cccs1)NCc1nnc(SCc2ccncc2)n1-c1ccc(F)cc1. The average molecular weight is 452 g/mol. The Morgan fingerprint density at radius 2 is 1.94 bits per heavy atom. The molecule has 1 N–H and O–H groups in total. The standard InChI is InChI=1S/C22H18FN5OS2/c23-17-3-5-18(6-4-17)28-20(14-25-21(29)8-7-19-2-1-13-30-19)26-27-22(28)31-15-16-9-11-24-12-10-16/h1-13H,14-15H2,(H,25,29)/b8-7+. The van der Waals surface area contributed by atoms with Crippen LogP contribution >= 0.6 is 23.1 Å². The van der Waals surface area contributed by atoms with E-state index in [-0.39, 0.29) is 18.3 Å². The van der Waals surface area contributed by atoms with Gasteiger partial charge in [0.15, 0.2) is 11.0 Å². The third-order valence-corrected chi connectivity index (χ3v) is 6.10. The molecule has 0 aliphatic carbocycles. The maximum absolute atomic E-state index is 13.4. The van der Waals surface area contributed by atoms with Crippen molar-refractivity contribution in [2.75, 3.05) is 0 Å². The van der Waals surface area contributed by atoms with E-state index in [0.717, 1.165) is 16.1 Å². The van der Waals surface area contributed by atoms with Crippen molar-refractivity contribution in [2.24, 2.45) is 0 Å². The van der Waals surface area contributed by atoms with Crippen LogP contribution in [0.1, 0.15) is 16.3 Å². The molecule has 1 aromatic carbocycles. The normalized spacial score (nSPS) is 11.1. The van der Waals surface area contributed by atoms with Crippen LogP contribution in [0, 0.1) is 5.82 Å². The third kappa shape index (κ3) is 5.65. The van der Waals surface area contributed by atoms with Crippen molar-refractivity contribution < 1.29 is 9.18 Å². The molecule has 0 radical (unpaired) electrons. The van der Waals surface area contributed by atoms with Crippen molar-refractivity contribution in [3.05, 3.63) is 94.5 Å². The summed E-state index contributed by atoms with van der Waals surface area (Å²) in [5.41, 5.74) is 1.82. The number of carbonyl (C=O) groups excluding carboxylic acids is 1. The molecular formula is C22H18FN5OS2. The Morgan fingerprint density at radius 3 is 2.68 bits per heavy atom. The van der Waals surface area contributed by atoms with Gasteiger partial charge in [-0.25, -0.2) is 4.39 Å². The Hall–Kier alpha value is -3.30. The number of nitrogens with zero attached hydrogens (tertiary/aromatic N) is 4. The van der Waals surface area contributed by atoms with E-state index in [1.165, 1.54) is 30.0 Å². The minimum absolute atomic E-state index is 0.188. The van der Waals surface area contributed by atoms with Crippen LogP contribution in [0.25, 0.3) is 11.8 Å². The van der Waals surface area contributed by atoms with E-state index >= 15 is 0 Å². The molecule has 3 aromatic heterocycles. The quantitative estimate of drug-likeness (QED) is 0.316. The molecule has 1 amide bonds. The molecule has 0 unspecified atom stereocenters. The predicted molar refractivity (Wildman–Crippen MR) is 120 cm³/mol. The van der Waals surface area contributed by atoms with Gasteiger partial charge in [-0.1, -0.05) is 17.8 Å². The number of aromatic nitrogens is 4. The summed E-state index contributed by atoms with van der Waals surface area (Å²) in [5, 5.41) is 14.0. The minimum Gasteiger partial charge on any atom is -0.345 e. The molecule has 0 atom stereocenters. The number of halogens is 1. The third-order valence-electron chi connectivity index (χ3n) is 4.27. The summed E-state index contributed by atoms with van der Waals surface area (Å²) >= 11 is 3.06. The molecule has 0 bridgehead atoms. The lowest BCUT2D eigenvalue weighted by molar-refractivity contribution is -0.116. The maximum atomic E-state index is 13.4. The van der Waals surface area contributed by atoms with E-state index < -0.39 is 0 Å². The highest BCUT2D eigenvalue weighted by molar-refractivity contribution is 7.98. The van der Waals surface area contributed by atoms with Crippen LogP contribution in [-0.2, 0) is 17.1 Å². The maximum Gasteiger partial charge on any atom is 0.244 e. The molecule has 0 fully saturated rings. The van der Waals surface area contributed by atoms with Crippen LogP contribution in [0.3, 0.4) is 0 Å². The first-order valence-corrected chi connectivity index (χ1v) is 11.3. The van der Waals surface area contributed by atoms with Gasteiger partial charge in [0, 0.05) is 34.8 Å².